The van der Waals surface area contributed by atoms with Gasteiger partial charge in [0.25, 0.3) is 15.9 Å². The number of anilines is 1. The molecule has 0 heterocycles. The van der Waals surface area contributed by atoms with E-state index in [2.05, 4.69) is 10.5 Å². The van der Waals surface area contributed by atoms with E-state index in [9.17, 15) is 17.6 Å². The lowest BCUT2D eigenvalue weighted by Gasteiger charge is -2.23. The first kappa shape index (κ1) is 21.2. The predicted octanol–water partition coefficient (Wildman–Crippen LogP) is 3.48. The maximum atomic E-state index is 13.3. The molecule has 3 aromatic rings. The van der Waals surface area contributed by atoms with Crippen LogP contribution in [0.25, 0.3) is 0 Å². The Bertz CT molecular complexity index is 1150. The molecule has 0 fully saturated rings. The fourth-order valence-corrected chi connectivity index (χ4v) is 4.18. The number of amides is 1. The van der Waals surface area contributed by atoms with Gasteiger partial charge in [-0.1, -0.05) is 48.0 Å². The van der Waals surface area contributed by atoms with Crippen LogP contribution in [0.15, 0.2) is 88.9 Å². The van der Waals surface area contributed by atoms with E-state index in [4.69, 9.17) is 0 Å². The lowest BCUT2D eigenvalue weighted by Crippen LogP contribution is -2.39. The van der Waals surface area contributed by atoms with Gasteiger partial charge >= 0.3 is 0 Å². The van der Waals surface area contributed by atoms with Crippen LogP contribution in [0.5, 0.6) is 0 Å². The summed E-state index contributed by atoms with van der Waals surface area (Å²) >= 11 is 0. The van der Waals surface area contributed by atoms with Crippen molar-refractivity contribution in [2.75, 3.05) is 10.8 Å². The number of nitrogens with zero attached hydrogens (tertiary/aromatic N) is 2. The lowest BCUT2D eigenvalue weighted by molar-refractivity contribution is -0.119. The van der Waals surface area contributed by atoms with E-state index in [1.165, 1.54) is 30.5 Å². The summed E-state index contributed by atoms with van der Waals surface area (Å²) in [5.41, 5.74) is 4.34. The minimum absolute atomic E-state index is 0.0189. The highest BCUT2D eigenvalue weighted by molar-refractivity contribution is 7.92. The normalized spacial score (nSPS) is 11.4. The van der Waals surface area contributed by atoms with Crippen LogP contribution in [0.3, 0.4) is 0 Å². The molecule has 30 heavy (non-hydrogen) atoms. The van der Waals surface area contributed by atoms with E-state index < -0.39 is 28.3 Å². The maximum Gasteiger partial charge on any atom is 0.264 e. The molecule has 0 aliphatic heterocycles. The number of sulfonamides is 1. The van der Waals surface area contributed by atoms with Crippen LogP contribution in [0.1, 0.15) is 11.1 Å². The van der Waals surface area contributed by atoms with Crippen molar-refractivity contribution in [2.45, 2.75) is 11.8 Å². The highest BCUT2D eigenvalue weighted by Gasteiger charge is 2.27. The second-order valence-corrected chi connectivity index (χ2v) is 8.37. The van der Waals surface area contributed by atoms with Crippen molar-refractivity contribution in [3.8, 4) is 0 Å². The molecule has 0 saturated heterocycles. The summed E-state index contributed by atoms with van der Waals surface area (Å²) in [5.74, 6) is -1.15. The number of rotatable bonds is 7. The number of carbonyl (C=O) groups excluding carboxylic acids is 1. The first-order chi connectivity index (χ1) is 14.4. The van der Waals surface area contributed by atoms with Gasteiger partial charge in [0.2, 0.25) is 0 Å². The maximum absolute atomic E-state index is 13.3. The van der Waals surface area contributed by atoms with Gasteiger partial charge in [0.1, 0.15) is 12.4 Å². The van der Waals surface area contributed by atoms with Gasteiger partial charge in [-0.2, -0.15) is 5.10 Å². The minimum Gasteiger partial charge on any atom is -0.271 e. The summed E-state index contributed by atoms with van der Waals surface area (Å²) in [7, 11) is -4.05. The van der Waals surface area contributed by atoms with Gasteiger partial charge in [-0.05, 0) is 48.9 Å². The van der Waals surface area contributed by atoms with Crippen molar-refractivity contribution in [3.63, 3.8) is 0 Å². The van der Waals surface area contributed by atoms with Crippen LogP contribution in [-0.4, -0.2) is 27.1 Å². The largest absolute Gasteiger partial charge is 0.271 e. The van der Waals surface area contributed by atoms with Crippen molar-refractivity contribution >= 4 is 27.8 Å². The summed E-state index contributed by atoms with van der Waals surface area (Å²) in [5, 5.41) is 3.89. The summed E-state index contributed by atoms with van der Waals surface area (Å²) in [6, 6.07) is 20.1. The second-order valence-electron chi connectivity index (χ2n) is 6.51. The molecule has 0 spiro atoms. The van der Waals surface area contributed by atoms with Gasteiger partial charge in [-0.25, -0.2) is 18.2 Å². The van der Waals surface area contributed by atoms with Crippen molar-refractivity contribution in [3.05, 3.63) is 95.8 Å². The monoisotopic (exact) mass is 425 g/mol. The molecule has 1 amide bonds. The molecule has 0 saturated carbocycles. The number of hydrazone groups is 1. The molecule has 0 radical (unpaired) electrons. The summed E-state index contributed by atoms with van der Waals surface area (Å²) in [6.45, 7) is 1.42. The molecule has 6 nitrogen and oxygen atoms in total. The Morgan fingerprint density at radius 3 is 2.40 bits per heavy atom. The predicted molar refractivity (Wildman–Crippen MR) is 114 cm³/mol. The standard InChI is InChI=1S/C22H20FN3O3S/c1-17-6-5-7-18(14-17)15-24-25-22(27)16-26(20-12-10-19(23)11-13-20)30(28,29)21-8-3-2-4-9-21/h2-15H,16H2,1H3,(H,25,27)/b24-15-. The molecule has 0 aliphatic rings. The summed E-state index contributed by atoms with van der Waals surface area (Å²) in [4.78, 5) is 12.4. The Balaban J connectivity index is 1.82. The van der Waals surface area contributed by atoms with Gasteiger partial charge < -0.3 is 0 Å². The Hall–Kier alpha value is -3.52. The van der Waals surface area contributed by atoms with Crippen molar-refractivity contribution < 1.29 is 17.6 Å². The van der Waals surface area contributed by atoms with Gasteiger partial charge in [0.15, 0.2) is 0 Å². The Kier molecular flexibility index (Phi) is 6.58. The average Bonchev–Trinajstić information content (AvgIpc) is 2.73. The summed E-state index contributed by atoms with van der Waals surface area (Å²) < 4.78 is 40.4. The fourth-order valence-electron chi connectivity index (χ4n) is 2.74. The molecule has 1 N–H and O–H groups in total. The molecule has 0 aromatic heterocycles. The zero-order valence-electron chi connectivity index (χ0n) is 16.2. The van der Waals surface area contributed by atoms with Crippen LogP contribution in [0.4, 0.5) is 10.1 Å². The third kappa shape index (κ3) is 5.30. The molecule has 0 atom stereocenters. The van der Waals surface area contributed by atoms with Crippen molar-refractivity contribution in [2.24, 2.45) is 5.10 Å². The van der Waals surface area contributed by atoms with E-state index in [0.717, 1.165) is 27.6 Å². The van der Waals surface area contributed by atoms with Gasteiger partial charge in [-0.3, -0.25) is 9.10 Å². The number of hydrogen-bond donors (Lipinski definition) is 1. The molecular weight excluding hydrogens is 405 g/mol. The fraction of sp³-hybridized carbons (Fsp3) is 0.0909. The van der Waals surface area contributed by atoms with E-state index in [0.29, 0.717) is 0 Å². The van der Waals surface area contributed by atoms with Gasteiger partial charge in [0, 0.05) is 0 Å². The molecule has 8 heteroatoms. The third-order valence-corrected chi connectivity index (χ3v) is 5.97. The minimum atomic E-state index is -4.05. The second kappa shape index (κ2) is 9.32. The first-order valence-electron chi connectivity index (χ1n) is 9.08. The number of aryl methyl sites for hydroxylation is 1. The molecule has 3 aromatic carbocycles. The van der Waals surface area contributed by atoms with Gasteiger partial charge in [0.05, 0.1) is 16.8 Å². The third-order valence-electron chi connectivity index (χ3n) is 4.18. The molecule has 0 bridgehead atoms. The van der Waals surface area contributed by atoms with E-state index in [-0.39, 0.29) is 10.6 Å². The Labute approximate surface area is 174 Å². The summed E-state index contributed by atoms with van der Waals surface area (Å²) in [6.07, 6.45) is 1.47. The highest BCUT2D eigenvalue weighted by Crippen LogP contribution is 2.23. The van der Waals surface area contributed by atoms with Crippen LogP contribution in [0, 0.1) is 12.7 Å². The SMILES string of the molecule is Cc1cccc(/C=N\NC(=O)CN(c2ccc(F)cc2)S(=O)(=O)c2ccccc2)c1. The van der Waals surface area contributed by atoms with Gasteiger partial charge in [-0.15, -0.1) is 0 Å². The van der Waals surface area contributed by atoms with Crippen LogP contribution < -0.4 is 9.73 Å². The van der Waals surface area contributed by atoms with E-state index in [1.54, 1.807) is 18.2 Å². The molecule has 3 rings (SSSR count). The molecule has 0 aliphatic carbocycles. The highest BCUT2D eigenvalue weighted by atomic mass is 32.2. The molecule has 0 unspecified atom stereocenters. The lowest BCUT2D eigenvalue weighted by atomic mass is 10.2. The topological polar surface area (TPSA) is 78.8 Å². The van der Waals surface area contributed by atoms with E-state index in [1.807, 2.05) is 31.2 Å². The van der Waals surface area contributed by atoms with E-state index >= 15 is 0 Å². The number of carbonyl (C=O) groups is 1. The number of hydrogen-bond acceptors (Lipinski definition) is 4. The number of benzene rings is 3. The zero-order valence-corrected chi connectivity index (χ0v) is 17.0. The number of halogens is 1. The van der Waals surface area contributed by atoms with Crippen molar-refractivity contribution in [1.29, 1.82) is 0 Å². The first-order valence-corrected chi connectivity index (χ1v) is 10.5. The smallest absolute Gasteiger partial charge is 0.264 e. The van der Waals surface area contributed by atoms with Crippen LogP contribution in [-0.2, 0) is 14.8 Å². The van der Waals surface area contributed by atoms with Crippen molar-refractivity contribution in [1.82, 2.24) is 5.43 Å². The van der Waals surface area contributed by atoms with Crippen LogP contribution >= 0.6 is 0 Å². The number of nitrogens with one attached hydrogen (secondary N) is 1. The molecular formula is C22H20FN3O3S. The molecule has 154 valence electrons. The quantitative estimate of drug-likeness (QED) is 0.465. The Morgan fingerprint density at radius 2 is 1.73 bits per heavy atom. The zero-order chi connectivity index (χ0) is 21.6. The Morgan fingerprint density at radius 1 is 1.03 bits per heavy atom. The average molecular weight is 425 g/mol. The van der Waals surface area contributed by atoms with Crippen LogP contribution in [0.2, 0.25) is 0 Å².